The summed E-state index contributed by atoms with van der Waals surface area (Å²) in [6.07, 6.45) is 2.33. The van der Waals surface area contributed by atoms with Gasteiger partial charge in [-0.3, -0.25) is 0 Å². The Morgan fingerprint density at radius 3 is 2.38 bits per heavy atom. The van der Waals surface area contributed by atoms with Crippen molar-refractivity contribution in [1.82, 2.24) is 5.32 Å². The van der Waals surface area contributed by atoms with E-state index in [-0.39, 0.29) is 0 Å². The third-order valence-corrected chi connectivity index (χ3v) is 2.86. The van der Waals surface area contributed by atoms with Gasteiger partial charge >= 0.3 is 0 Å². The third kappa shape index (κ3) is 4.86. The standard InChI is InChI=1S/C13H20ClNO/c1-3-12(4-2)15-9-10-16-13-7-5-11(14)6-8-13/h5-8,12,15H,3-4,9-10H2,1-2H3. The van der Waals surface area contributed by atoms with E-state index in [0.29, 0.717) is 12.6 Å². The second kappa shape index (κ2) is 7.53. The molecule has 0 aliphatic rings. The van der Waals surface area contributed by atoms with Gasteiger partial charge in [0.05, 0.1) is 0 Å². The lowest BCUT2D eigenvalue weighted by molar-refractivity contribution is 0.302. The Morgan fingerprint density at radius 2 is 1.81 bits per heavy atom. The van der Waals surface area contributed by atoms with Gasteiger partial charge in [-0.1, -0.05) is 25.4 Å². The first-order valence-electron chi connectivity index (χ1n) is 5.88. The molecule has 1 aromatic rings. The van der Waals surface area contributed by atoms with Crippen LogP contribution in [-0.4, -0.2) is 19.2 Å². The molecule has 0 fully saturated rings. The largest absolute Gasteiger partial charge is 0.492 e. The number of hydrogen-bond donors (Lipinski definition) is 1. The second-order valence-corrected chi connectivity index (χ2v) is 4.21. The highest BCUT2D eigenvalue weighted by Gasteiger charge is 2.01. The van der Waals surface area contributed by atoms with E-state index in [1.165, 1.54) is 0 Å². The molecule has 0 spiro atoms. The highest BCUT2D eigenvalue weighted by atomic mass is 35.5. The number of hydrogen-bond acceptors (Lipinski definition) is 2. The van der Waals surface area contributed by atoms with E-state index in [2.05, 4.69) is 19.2 Å². The number of nitrogens with one attached hydrogen (secondary N) is 1. The molecule has 1 aromatic carbocycles. The van der Waals surface area contributed by atoms with Crippen molar-refractivity contribution in [1.29, 1.82) is 0 Å². The smallest absolute Gasteiger partial charge is 0.119 e. The number of benzene rings is 1. The van der Waals surface area contributed by atoms with E-state index in [1.54, 1.807) is 0 Å². The van der Waals surface area contributed by atoms with Crippen molar-refractivity contribution in [3.05, 3.63) is 29.3 Å². The molecule has 90 valence electrons. The lowest BCUT2D eigenvalue weighted by Crippen LogP contribution is -2.31. The molecule has 0 amide bonds. The molecule has 0 atom stereocenters. The fourth-order valence-corrected chi connectivity index (χ4v) is 1.67. The maximum absolute atomic E-state index is 5.78. The maximum Gasteiger partial charge on any atom is 0.119 e. The average Bonchev–Trinajstić information content (AvgIpc) is 2.32. The summed E-state index contributed by atoms with van der Waals surface area (Å²) in [5, 5.41) is 4.19. The van der Waals surface area contributed by atoms with Gasteiger partial charge in [0, 0.05) is 17.6 Å². The molecule has 0 bridgehead atoms. The molecule has 0 aliphatic carbocycles. The molecular formula is C13H20ClNO. The zero-order valence-corrected chi connectivity index (χ0v) is 10.8. The Bertz CT molecular complexity index is 282. The van der Waals surface area contributed by atoms with E-state index in [9.17, 15) is 0 Å². The first kappa shape index (κ1) is 13.3. The molecule has 1 rings (SSSR count). The molecular weight excluding hydrogens is 222 g/mol. The quantitative estimate of drug-likeness (QED) is 0.738. The SMILES string of the molecule is CCC(CC)NCCOc1ccc(Cl)cc1. The summed E-state index contributed by atoms with van der Waals surface area (Å²) in [7, 11) is 0. The van der Waals surface area contributed by atoms with Gasteiger partial charge in [-0.15, -0.1) is 0 Å². The van der Waals surface area contributed by atoms with Crippen molar-refractivity contribution in [2.24, 2.45) is 0 Å². The molecule has 16 heavy (non-hydrogen) atoms. The minimum Gasteiger partial charge on any atom is -0.492 e. The number of ether oxygens (including phenoxy) is 1. The molecule has 3 heteroatoms. The molecule has 0 saturated heterocycles. The Balaban J connectivity index is 2.18. The normalized spacial score (nSPS) is 10.8. The van der Waals surface area contributed by atoms with Gasteiger partial charge in [0.2, 0.25) is 0 Å². The highest BCUT2D eigenvalue weighted by molar-refractivity contribution is 6.30. The summed E-state index contributed by atoms with van der Waals surface area (Å²) in [5.41, 5.74) is 0. The van der Waals surface area contributed by atoms with Crippen LogP contribution in [0.4, 0.5) is 0 Å². The van der Waals surface area contributed by atoms with Gasteiger partial charge in [-0.05, 0) is 37.1 Å². The van der Waals surface area contributed by atoms with E-state index in [1.807, 2.05) is 24.3 Å². The van der Waals surface area contributed by atoms with E-state index in [4.69, 9.17) is 16.3 Å². The first-order valence-corrected chi connectivity index (χ1v) is 6.25. The van der Waals surface area contributed by atoms with Crippen molar-refractivity contribution in [3.8, 4) is 5.75 Å². The van der Waals surface area contributed by atoms with Crippen molar-refractivity contribution in [3.63, 3.8) is 0 Å². The average molecular weight is 242 g/mol. The van der Waals surface area contributed by atoms with E-state index >= 15 is 0 Å². The van der Waals surface area contributed by atoms with Crippen LogP contribution in [0, 0.1) is 0 Å². The van der Waals surface area contributed by atoms with Crippen LogP contribution >= 0.6 is 11.6 Å². The van der Waals surface area contributed by atoms with Gasteiger partial charge in [0.15, 0.2) is 0 Å². The molecule has 0 saturated carbocycles. The van der Waals surface area contributed by atoms with Crippen molar-refractivity contribution in [2.45, 2.75) is 32.7 Å². The first-order chi connectivity index (χ1) is 7.76. The number of halogens is 1. The zero-order valence-electron chi connectivity index (χ0n) is 10.0. The summed E-state index contributed by atoms with van der Waals surface area (Å²) < 4.78 is 5.58. The molecule has 0 radical (unpaired) electrons. The summed E-state index contributed by atoms with van der Waals surface area (Å²) in [6.45, 7) is 5.97. The van der Waals surface area contributed by atoms with E-state index in [0.717, 1.165) is 30.2 Å². The van der Waals surface area contributed by atoms with Crippen LogP contribution in [-0.2, 0) is 0 Å². The van der Waals surface area contributed by atoms with Crippen molar-refractivity contribution >= 4 is 11.6 Å². The minimum atomic E-state index is 0.605. The van der Waals surface area contributed by atoms with Crippen LogP contribution < -0.4 is 10.1 Å². The highest BCUT2D eigenvalue weighted by Crippen LogP contribution is 2.15. The Hall–Kier alpha value is -0.730. The van der Waals surface area contributed by atoms with Crippen LogP contribution in [0.2, 0.25) is 5.02 Å². The van der Waals surface area contributed by atoms with Gasteiger partial charge in [-0.2, -0.15) is 0 Å². The predicted molar refractivity (Wildman–Crippen MR) is 69.3 cm³/mol. The molecule has 2 nitrogen and oxygen atoms in total. The van der Waals surface area contributed by atoms with Crippen molar-refractivity contribution < 1.29 is 4.74 Å². The third-order valence-electron chi connectivity index (χ3n) is 2.60. The van der Waals surface area contributed by atoms with E-state index < -0.39 is 0 Å². The van der Waals surface area contributed by atoms with Crippen LogP contribution in [0.3, 0.4) is 0 Å². The lowest BCUT2D eigenvalue weighted by atomic mass is 10.2. The van der Waals surface area contributed by atoms with Gasteiger partial charge < -0.3 is 10.1 Å². The molecule has 1 N–H and O–H groups in total. The summed E-state index contributed by atoms with van der Waals surface area (Å²) in [4.78, 5) is 0. The van der Waals surface area contributed by atoms with Crippen LogP contribution in [0.1, 0.15) is 26.7 Å². The molecule has 0 unspecified atom stereocenters. The topological polar surface area (TPSA) is 21.3 Å². The number of rotatable bonds is 7. The van der Waals surface area contributed by atoms with Crippen LogP contribution in [0.25, 0.3) is 0 Å². The predicted octanol–water partition coefficient (Wildman–Crippen LogP) is 3.50. The van der Waals surface area contributed by atoms with Gasteiger partial charge in [0.1, 0.15) is 12.4 Å². The van der Waals surface area contributed by atoms with Crippen LogP contribution in [0.5, 0.6) is 5.75 Å². The molecule has 0 aliphatic heterocycles. The molecule has 0 aromatic heterocycles. The monoisotopic (exact) mass is 241 g/mol. The Kier molecular flexibility index (Phi) is 6.27. The summed E-state index contributed by atoms with van der Waals surface area (Å²) >= 11 is 5.78. The van der Waals surface area contributed by atoms with Crippen molar-refractivity contribution in [2.75, 3.05) is 13.2 Å². The fourth-order valence-electron chi connectivity index (χ4n) is 1.54. The molecule has 0 heterocycles. The lowest BCUT2D eigenvalue weighted by Gasteiger charge is -2.14. The van der Waals surface area contributed by atoms with Gasteiger partial charge in [-0.25, -0.2) is 0 Å². The maximum atomic E-state index is 5.78. The Morgan fingerprint density at radius 1 is 1.19 bits per heavy atom. The van der Waals surface area contributed by atoms with Crippen LogP contribution in [0.15, 0.2) is 24.3 Å². The minimum absolute atomic E-state index is 0.605. The summed E-state index contributed by atoms with van der Waals surface area (Å²) in [6, 6.07) is 8.06. The fraction of sp³-hybridized carbons (Fsp3) is 0.538. The Labute approximate surface area is 103 Å². The van der Waals surface area contributed by atoms with Gasteiger partial charge in [0.25, 0.3) is 0 Å². The summed E-state index contributed by atoms with van der Waals surface area (Å²) in [5.74, 6) is 0.871. The second-order valence-electron chi connectivity index (χ2n) is 3.77. The zero-order chi connectivity index (χ0) is 11.8.